The first-order valence-corrected chi connectivity index (χ1v) is 5.95. The van der Waals surface area contributed by atoms with Gasteiger partial charge in [0.05, 0.1) is 11.7 Å². The number of ether oxygens (including phenoxy) is 1. The van der Waals surface area contributed by atoms with Gasteiger partial charge in [-0.05, 0) is 31.5 Å². The van der Waals surface area contributed by atoms with Crippen molar-refractivity contribution in [3.8, 4) is 5.75 Å². The summed E-state index contributed by atoms with van der Waals surface area (Å²) in [5.41, 5.74) is 5.15. The van der Waals surface area contributed by atoms with Crippen LogP contribution in [0.4, 0.5) is 13.2 Å². The lowest BCUT2D eigenvalue weighted by atomic mass is 10.1. The zero-order valence-electron chi connectivity index (χ0n) is 10.6. The Morgan fingerprint density at radius 3 is 2.50 bits per heavy atom. The molecule has 0 radical (unpaired) electrons. The summed E-state index contributed by atoms with van der Waals surface area (Å²) >= 11 is 0. The minimum absolute atomic E-state index is 0.0259. The minimum Gasteiger partial charge on any atom is -0.490 e. The van der Waals surface area contributed by atoms with E-state index < -0.39 is 11.7 Å². The maximum atomic E-state index is 12.5. The average Bonchev–Trinajstić information content (AvgIpc) is 2.28. The van der Waals surface area contributed by atoms with Crippen LogP contribution in [0.2, 0.25) is 0 Å². The van der Waals surface area contributed by atoms with Gasteiger partial charge in [0.2, 0.25) is 0 Å². The second-order valence-electron chi connectivity index (χ2n) is 4.24. The van der Waals surface area contributed by atoms with Gasteiger partial charge in [-0.1, -0.05) is 13.3 Å². The monoisotopic (exact) mass is 261 g/mol. The van der Waals surface area contributed by atoms with Crippen molar-refractivity contribution >= 4 is 0 Å². The summed E-state index contributed by atoms with van der Waals surface area (Å²) in [5.74, 6) is 0.437. The van der Waals surface area contributed by atoms with Gasteiger partial charge in [-0.3, -0.25) is 0 Å². The first-order chi connectivity index (χ1) is 8.38. The van der Waals surface area contributed by atoms with E-state index in [0.717, 1.165) is 25.0 Å². The first-order valence-electron chi connectivity index (χ1n) is 5.95. The van der Waals surface area contributed by atoms with Gasteiger partial charge in [0, 0.05) is 12.1 Å². The molecule has 0 aliphatic heterocycles. The van der Waals surface area contributed by atoms with Gasteiger partial charge in [0.1, 0.15) is 5.75 Å². The third kappa shape index (κ3) is 3.91. The van der Waals surface area contributed by atoms with Crippen LogP contribution in [0.25, 0.3) is 0 Å². The summed E-state index contributed by atoms with van der Waals surface area (Å²) in [4.78, 5) is 0. The molecule has 0 aliphatic rings. The number of hydrogen-bond donors (Lipinski definition) is 1. The normalized spacial score (nSPS) is 13.4. The highest BCUT2D eigenvalue weighted by atomic mass is 19.4. The van der Waals surface area contributed by atoms with Crippen LogP contribution in [-0.4, -0.2) is 6.10 Å². The second kappa shape index (κ2) is 6.09. The van der Waals surface area contributed by atoms with Gasteiger partial charge in [-0.15, -0.1) is 0 Å². The van der Waals surface area contributed by atoms with E-state index >= 15 is 0 Å². The Morgan fingerprint density at radius 1 is 1.33 bits per heavy atom. The molecule has 0 fully saturated rings. The van der Waals surface area contributed by atoms with Crippen LogP contribution < -0.4 is 10.5 Å². The van der Waals surface area contributed by atoms with Crippen LogP contribution in [-0.2, 0) is 12.7 Å². The molecular weight excluding hydrogens is 243 g/mol. The van der Waals surface area contributed by atoms with Crippen LogP contribution in [0.15, 0.2) is 18.2 Å². The summed E-state index contributed by atoms with van der Waals surface area (Å²) in [6.45, 7) is 3.94. The fourth-order valence-corrected chi connectivity index (χ4v) is 1.71. The second-order valence-corrected chi connectivity index (χ2v) is 4.24. The number of rotatable bonds is 5. The van der Waals surface area contributed by atoms with Crippen molar-refractivity contribution < 1.29 is 17.9 Å². The van der Waals surface area contributed by atoms with Crippen LogP contribution in [0.3, 0.4) is 0 Å². The maximum absolute atomic E-state index is 12.5. The Kier molecular flexibility index (Phi) is 5.02. The Balaban J connectivity index is 2.93. The van der Waals surface area contributed by atoms with Crippen LogP contribution in [0.5, 0.6) is 5.75 Å². The number of benzene rings is 1. The van der Waals surface area contributed by atoms with E-state index in [1.807, 2.05) is 13.8 Å². The molecule has 1 unspecified atom stereocenters. The number of hydrogen-bond acceptors (Lipinski definition) is 2. The zero-order chi connectivity index (χ0) is 13.8. The Bertz CT molecular complexity index is 390. The Hall–Kier alpha value is -1.23. The van der Waals surface area contributed by atoms with Crippen LogP contribution >= 0.6 is 0 Å². The molecule has 2 N–H and O–H groups in total. The van der Waals surface area contributed by atoms with Crippen molar-refractivity contribution in [3.05, 3.63) is 29.3 Å². The topological polar surface area (TPSA) is 35.2 Å². The summed E-state index contributed by atoms with van der Waals surface area (Å²) in [7, 11) is 0. The molecule has 1 aromatic carbocycles. The lowest BCUT2D eigenvalue weighted by Gasteiger charge is -2.17. The largest absolute Gasteiger partial charge is 0.490 e. The van der Waals surface area contributed by atoms with Gasteiger partial charge >= 0.3 is 6.18 Å². The summed E-state index contributed by atoms with van der Waals surface area (Å²) in [6, 6.07) is 3.42. The maximum Gasteiger partial charge on any atom is 0.416 e. The molecule has 0 amide bonds. The highest BCUT2D eigenvalue weighted by Crippen LogP contribution is 2.32. The average molecular weight is 261 g/mol. The predicted molar refractivity (Wildman–Crippen MR) is 64.3 cm³/mol. The van der Waals surface area contributed by atoms with Gasteiger partial charge in [-0.25, -0.2) is 0 Å². The number of nitrogens with two attached hydrogens (primary N) is 1. The van der Waals surface area contributed by atoms with Crippen molar-refractivity contribution in [3.63, 3.8) is 0 Å². The molecular formula is C13H18F3NO. The SMILES string of the molecule is CCCC(C)Oc1ccc(C(F)(F)F)cc1CN. The van der Waals surface area contributed by atoms with Crippen molar-refractivity contribution in [2.45, 2.75) is 45.5 Å². The predicted octanol–water partition coefficient (Wildman–Crippen LogP) is 3.73. The minimum atomic E-state index is -4.35. The fraction of sp³-hybridized carbons (Fsp3) is 0.538. The smallest absolute Gasteiger partial charge is 0.416 e. The number of halogens is 3. The van der Waals surface area contributed by atoms with Gasteiger partial charge in [0.15, 0.2) is 0 Å². The van der Waals surface area contributed by atoms with E-state index in [1.165, 1.54) is 6.07 Å². The van der Waals surface area contributed by atoms with Gasteiger partial charge < -0.3 is 10.5 Å². The van der Waals surface area contributed by atoms with Gasteiger partial charge in [-0.2, -0.15) is 13.2 Å². The molecule has 102 valence electrons. The molecule has 0 heterocycles. The Labute approximate surface area is 105 Å². The highest BCUT2D eigenvalue weighted by Gasteiger charge is 2.31. The standard InChI is InChI=1S/C13H18F3NO/c1-3-4-9(2)18-12-6-5-11(13(14,15)16)7-10(12)8-17/h5-7,9H,3-4,8,17H2,1-2H3. The van der Waals surface area contributed by atoms with Gasteiger partial charge in [0.25, 0.3) is 0 Å². The van der Waals surface area contributed by atoms with E-state index in [1.54, 1.807) is 0 Å². The third-order valence-corrected chi connectivity index (χ3v) is 2.63. The van der Waals surface area contributed by atoms with E-state index in [-0.39, 0.29) is 12.6 Å². The lowest BCUT2D eigenvalue weighted by molar-refractivity contribution is -0.137. The summed E-state index contributed by atoms with van der Waals surface area (Å²) < 4.78 is 43.2. The van der Waals surface area contributed by atoms with E-state index in [0.29, 0.717) is 11.3 Å². The molecule has 0 saturated heterocycles. The number of alkyl halides is 3. The molecule has 5 heteroatoms. The molecule has 0 saturated carbocycles. The molecule has 2 nitrogen and oxygen atoms in total. The lowest BCUT2D eigenvalue weighted by Crippen LogP contribution is -2.14. The highest BCUT2D eigenvalue weighted by molar-refractivity contribution is 5.38. The molecule has 1 aromatic rings. The molecule has 0 aliphatic carbocycles. The third-order valence-electron chi connectivity index (χ3n) is 2.63. The van der Waals surface area contributed by atoms with Crippen molar-refractivity contribution in [2.24, 2.45) is 5.73 Å². The van der Waals surface area contributed by atoms with Crippen molar-refractivity contribution in [1.82, 2.24) is 0 Å². The Morgan fingerprint density at radius 2 is 2.00 bits per heavy atom. The van der Waals surface area contributed by atoms with E-state index in [4.69, 9.17) is 10.5 Å². The van der Waals surface area contributed by atoms with Crippen molar-refractivity contribution in [1.29, 1.82) is 0 Å². The van der Waals surface area contributed by atoms with Crippen molar-refractivity contribution in [2.75, 3.05) is 0 Å². The molecule has 0 spiro atoms. The molecule has 1 rings (SSSR count). The summed E-state index contributed by atoms with van der Waals surface area (Å²) in [5, 5.41) is 0. The molecule has 1 atom stereocenters. The fourth-order valence-electron chi connectivity index (χ4n) is 1.71. The molecule has 0 aromatic heterocycles. The molecule has 0 bridgehead atoms. The quantitative estimate of drug-likeness (QED) is 0.876. The zero-order valence-corrected chi connectivity index (χ0v) is 10.6. The van der Waals surface area contributed by atoms with Crippen LogP contribution in [0.1, 0.15) is 37.8 Å². The van der Waals surface area contributed by atoms with Crippen LogP contribution in [0, 0.1) is 0 Å². The van der Waals surface area contributed by atoms with E-state index in [9.17, 15) is 13.2 Å². The first kappa shape index (κ1) is 14.8. The van der Waals surface area contributed by atoms with E-state index in [2.05, 4.69) is 0 Å². The molecule has 18 heavy (non-hydrogen) atoms. The summed E-state index contributed by atoms with van der Waals surface area (Å²) in [6.07, 6.45) is -2.57.